The van der Waals surface area contributed by atoms with E-state index in [2.05, 4.69) is 29.6 Å². The first-order chi connectivity index (χ1) is 16.1. The van der Waals surface area contributed by atoms with Gasteiger partial charge in [0.15, 0.2) is 0 Å². The number of fused-ring (bicyclic) bond motifs is 3. The quantitative estimate of drug-likeness (QED) is 0.643. The number of nitrogens with one attached hydrogen (secondary N) is 1. The van der Waals surface area contributed by atoms with Gasteiger partial charge in [-0.05, 0) is 28.2 Å². The number of amides is 2. The minimum Gasteiger partial charge on any atom is -0.480 e. The molecule has 2 aliphatic rings. The molecule has 2 unspecified atom stereocenters. The standard InChI is InChI=1S/C27H32N2O5/c1-16(2)21(24(30)29-15-27(3,4)23(29)25(31)32)13-28-26(33)34-14-22-19-11-7-5-9-17(19)18-10-6-8-12-20(18)22/h5-12,16,21-23H,13-15H2,1-4H3,(H,28,33)(H,31,32). The van der Waals surface area contributed by atoms with Gasteiger partial charge in [0.1, 0.15) is 12.6 Å². The van der Waals surface area contributed by atoms with Crippen molar-refractivity contribution < 1.29 is 24.2 Å². The molecule has 0 bridgehead atoms. The fraction of sp³-hybridized carbons (Fsp3) is 0.444. The van der Waals surface area contributed by atoms with Crippen LogP contribution >= 0.6 is 0 Å². The summed E-state index contributed by atoms with van der Waals surface area (Å²) in [5.74, 6) is -1.89. The summed E-state index contributed by atoms with van der Waals surface area (Å²) < 4.78 is 5.57. The Kier molecular flexibility index (Phi) is 6.39. The zero-order chi connectivity index (χ0) is 24.6. The van der Waals surface area contributed by atoms with Crippen molar-refractivity contribution >= 4 is 18.0 Å². The van der Waals surface area contributed by atoms with Crippen molar-refractivity contribution in [1.29, 1.82) is 0 Å². The summed E-state index contributed by atoms with van der Waals surface area (Å²) in [4.78, 5) is 38.7. The normalized spacial score (nSPS) is 19.1. The number of ether oxygens (including phenoxy) is 1. The second kappa shape index (κ2) is 9.12. The van der Waals surface area contributed by atoms with E-state index < -0.39 is 29.4 Å². The summed E-state index contributed by atoms with van der Waals surface area (Å²) in [5.41, 5.74) is 4.10. The van der Waals surface area contributed by atoms with Gasteiger partial charge in [-0.25, -0.2) is 9.59 Å². The molecule has 4 rings (SSSR count). The molecular weight excluding hydrogens is 432 g/mol. The monoisotopic (exact) mass is 464 g/mol. The second-order valence-corrected chi connectivity index (χ2v) is 10.3. The van der Waals surface area contributed by atoms with Crippen LogP contribution in [0.1, 0.15) is 44.7 Å². The highest BCUT2D eigenvalue weighted by atomic mass is 16.5. The topological polar surface area (TPSA) is 95.9 Å². The lowest BCUT2D eigenvalue weighted by molar-refractivity contribution is -0.174. The van der Waals surface area contributed by atoms with Gasteiger partial charge in [0.25, 0.3) is 0 Å². The summed E-state index contributed by atoms with van der Waals surface area (Å²) in [6, 6.07) is 15.4. The maximum Gasteiger partial charge on any atom is 0.407 e. The van der Waals surface area contributed by atoms with Crippen molar-refractivity contribution in [1.82, 2.24) is 10.2 Å². The van der Waals surface area contributed by atoms with E-state index in [9.17, 15) is 19.5 Å². The Morgan fingerprint density at radius 2 is 1.62 bits per heavy atom. The summed E-state index contributed by atoms with van der Waals surface area (Å²) in [6.07, 6.45) is -0.584. The summed E-state index contributed by atoms with van der Waals surface area (Å²) in [7, 11) is 0. The highest BCUT2D eigenvalue weighted by molar-refractivity contribution is 5.88. The molecule has 1 aliphatic carbocycles. The van der Waals surface area contributed by atoms with Gasteiger partial charge in [0, 0.05) is 24.4 Å². The van der Waals surface area contributed by atoms with Gasteiger partial charge >= 0.3 is 12.1 Å². The molecule has 0 aromatic heterocycles. The number of hydrogen-bond donors (Lipinski definition) is 2. The zero-order valence-corrected chi connectivity index (χ0v) is 20.1. The zero-order valence-electron chi connectivity index (χ0n) is 20.1. The predicted octanol–water partition coefficient (Wildman–Crippen LogP) is 4.12. The minimum atomic E-state index is -1.00. The average Bonchev–Trinajstić information content (AvgIpc) is 3.09. The van der Waals surface area contributed by atoms with Crippen LogP contribution in [0.5, 0.6) is 0 Å². The number of aliphatic carboxylic acids is 1. The number of carbonyl (C=O) groups excluding carboxylic acids is 2. The van der Waals surface area contributed by atoms with Crippen LogP contribution < -0.4 is 5.32 Å². The van der Waals surface area contributed by atoms with E-state index in [0.717, 1.165) is 22.3 Å². The molecule has 1 fully saturated rings. The lowest BCUT2D eigenvalue weighted by atomic mass is 9.73. The fourth-order valence-electron chi connectivity index (χ4n) is 5.26. The Bertz CT molecular complexity index is 1060. The number of rotatable bonds is 7. The number of benzene rings is 2. The van der Waals surface area contributed by atoms with Crippen molar-refractivity contribution in [2.24, 2.45) is 17.3 Å². The number of carboxylic acid groups (broad SMARTS) is 1. The lowest BCUT2D eigenvalue weighted by Crippen LogP contribution is -2.68. The number of nitrogens with zero attached hydrogens (tertiary/aromatic N) is 1. The number of likely N-dealkylation sites (tertiary alicyclic amines) is 1. The molecule has 2 aromatic carbocycles. The third-order valence-corrected chi connectivity index (χ3v) is 7.08. The molecule has 2 atom stereocenters. The Balaban J connectivity index is 1.37. The Hall–Kier alpha value is -3.35. The van der Waals surface area contributed by atoms with Crippen LogP contribution in [0.3, 0.4) is 0 Å². The van der Waals surface area contributed by atoms with Crippen LogP contribution in [-0.2, 0) is 14.3 Å². The van der Waals surface area contributed by atoms with E-state index in [1.807, 2.05) is 52.0 Å². The van der Waals surface area contributed by atoms with Crippen LogP contribution in [0.2, 0.25) is 0 Å². The van der Waals surface area contributed by atoms with Gasteiger partial charge in [-0.2, -0.15) is 0 Å². The van der Waals surface area contributed by atoms with Crippen LogP contribution in [0.15, 0.2) is 48.5 Å². The van der Waals surface area contributed by atoms with E-state index in [-0.39, 0.29) is 30.9 Å². The van der Waals surface area contributed by atoms with E-state index in [1.54, 1.807) is 0 Å². The molecule has 1 heterocycles. The molecule has 34 heavy (non-hydrogen) atoms. The van der Waals surface area contributed by atoms with Crippen LogP contribution in [0.25, 0.3) is 11.1 Å². The molecular formula is C27H32N2O5. The van der Waals surface area contributed by atoms with Crippen molar-refractivity contribution in [3.05, 3.63) is 59.7 Å². The summed E-state index contributed by atoms with van der Waals surface area (Å²) >= 11 is 0. The highest BCUT2D eigenvalue weighted by Crippen LogP contribution is 2.44. The van der Waals surface area contributed by atoms with Crippen molar-refractivity contribution in [2.45, 2.75) is 39.7 Å². The highest BCUT2D eigenvalue weighted by Gasteiger charge is 2.53. The molecule has 180 valence electrons. The van der Waals surface area contributed by atoms with E-state index >= 15 is 0 Å². The van der Waals surface area contributed by atoms with Gasteiger partial charge < -0.3 is 20.1 Å². The van der Waals surface area contributed by atoms with Gasteiger partial charge in [-0.15, -0.1) is 0 Å². The third kappa shape index (κ3) is 4.27. The summed E-state index contributed by atoms with van der Waals surface area (Å²) in [6.45, 7) is 8.14. The van der Waals surface area contributed by atoms with Crippen molar-refractivity contribution in [2.75, 3.05) is 19.7 Å². The first-order valence-electron chi connectivity index (χ1n) is 11.7. The van der Waals surface area contributed by atoms with Crippen molar-refractivity contribution in [3.8, 4) is 11.1 Å². The molecule has 0 radical (unpaired) electrons. The third-order valence-electron chi connectivity index (χ3n) is 7.08. The number of carbonyl (C=O) groups is 3. The van der Waals surface area contributed by atoms with E-state index in [1.165, 1.54) is 4.90 Å². The first kappa shape index (κ1) is 23.8. The average molecular weight is 465 g/mol. The number of carboxylic acids is 1. The Labute approximate surface area is 200 Å². The molecule has 0 saturated carbocycles. The second-order valence-electron chi connectivity index (χ2n) is 10.3. The Morgan fingerprint density at radius 3 is 2.12 bits per heavy atom. The molecule has 2 amide bonds. The maximum absolute atomic E-state index is 13.1. The molecule has 1 saturated heterocycles. The minimum absolute atomic E-state index is 0.0414. The van der Waals surface area contributed by atoms with Gasteiger partial charge in [0.2, 0.25) is 5.91 Å². The molecule has 2 N–H and O–H groups in total. The number of alkyl carbamates (subject to hydrolysis) is 1. The maximum atomic E-state index is 13.1. The molecule has 7 heteroatoms. The van der Waals surface area contributed by atoms with Crippen LogP contribution in [0.4, 0.5) is 4.79 Å². The smallest absolute Gasteiger partial charge is 0.407 e. The van der Waals surface area contributed by atoms with Gasteiger partial charge in [-0.3, -0.25) is 4.79 Å². The largest absolute Gasteiger partial charge is 0.480 e. The molecule has 1 aliphatic heterocycles. The van der Waals surface area contributed by atoms with Crippen molar-refractivity contribution in [3.63, 3.8) is 0 Å². The van der Waals surface area contributed by atoms with Crippen LogP contribution in [0, 0.1) is 17.3 Å². The van der Waals surface area contributed by atoms with E-state index in [4.69, 9.17) is 4.74 Å². The molecule has 7 nitrogen and oxygen atoms in total. The molecule has 0 spiro atoms. The SMILES string of the molecule is CC(C)C(CNC(=O)OCC1c2ccccc2-c2ccccc21)C(=O)N1CC(C)(C)C1C(=O)O. The molecule has 2 aromatic rings. The first-order valence-corrected chi connectivity index (χ1v) is 11.7. The Morgan fingerprint density at radius 1 is 1.06 bits per heavy atom. The van der Waals surface area contributed by atoms with Gasteiger partial charge in [-0.1, -0.05) is 76.2 Å². The predicted molar refractivity (Wildman–Crippen MR) is 128 cm³/mol. The van der Waals surface area contributed by atoms with Crippen LogP contribution in [-0.4, -0.2) is 53.7 Å². The van der Waals surface area contributed by atoms with Gasteiger partial charge in [0.05, 0.1) is 5.92 Å². The number of hydrogen-bond acceptors (Lipinski definition) is 4. The van der Waals surface area contributed by atoms with E-state index in [0.29, 0.717) is 6.54 Å². The lowest BCUT2D eigenvalue weighted by Gasteiger charge is -2.52. The fourth-order valence-corrected chi connectivity index (χ4v) is 5.26. The summed E-state index contributed by atoms with van der Waals surface area (Å²) in [5, 5.41) is 12.3.